The zero-order valence-electron chi connectivity index (χ0n) is 15.2. The van der Waals surface area contributed by atoms with E-state index in [-0.39, 0.29) is 11.7 Å². The van der Waals surface area contributed by atoms with Gasteiger partial charge in [0.05, 0.1) is 18.8 Å². The van der Waals surface area contributed by atoms with Gasteiger partial charge in [-0.3, -0.25) is 4.90 Å². The first kappa shape index (κ1) is 19.1. The zero-order chi connectivity index (χ0) is 19.2. The Morgan fingerprint density at radius 1 is 1.19 bits per heavy atom. The Balaban J connectivity index is 1.71. The first-order chi connectivity index (χ1) is 13.1. The molecule has 3 rings (SSSR count). The smallest absolute Gasteiger partial charge is 0.319 e. The molecule has 2 aromatic carbocycles. The van der Waals surface area contributed by atoms with Gasteiger partial charge in [0, 0.05) is 18.2 Å². The number of carbonyl (C=O) groups is 1. The molecule has 7 heteroatoms. The minimum Gasteiger partial charge on any atom is -0.496 e. The van der Waals surface area contributed by atoms with Crippen LogP contribution in [0.3, 0.4) is 0 Å². The number of methoxy groups -OCH3 is 1. The van der Waals surface area contributed by atoms with Gasteiger partial charge < -0.3 is 15.4 Å². The van der Waals surface area contributed by atoms with Crippen LogP contribution in [0.25, 0.3) is 0 Å². The average molecular weight is 375 g/mol. The summed E-state index contributed by atoms with van der Waals surface area (Å²) in [7, 11) is 1.62. The van der Waals surface area contributed by atoms with Gasteiger partial charge in [0.25, 0.3) is 0 Å². The zero-order valence-corrected chi connectivity index (χ0v) is 15.2. The second-order valence-electron chi connectivity index (χ2n) is 6.46. The van der Waals surface area contributed by atoms with E-state index in [0.29, 0.717) is 6.54 Å². The number of amides is 2. The maximum absolute atomic E-state index is 13.7. The molecular weight excluding hydrogens is 352 g/mol. The topological polar surface area (TPSA) is 53.6 Å². The number of para-hydroxylation sites is 1. The van der Waals surface area contributed by atoms with Crippen LogP contribution >= 0.6 is 0 Å². The number of hydrogen-bond acceptors (Lipinski definition) is 3. The number of ether oxygens (including phenoxy) is 1. The van der Waals surface area contributed by atoms with Crippen LogP contribution in [0.5, 0.6) is 5.75 Å². The normalized spacial score (nSPS) is 15.4. The summed E-state index contributed by atoms with van der Waals surface area (Å²) in [5.41, 5.74) is 0.793. The van der Waals surface area contributed by atoms with E-state index in [4.69, 9.17) is 4.74 Å². The molecule has 1 unspecified atom stereocenters. The van der Waals surface area contributed by atoms with Crippen LogP contribution in [0.2, 0.25) is 0 Å². The third-order valence-corrected chi connectivity index (χ3v) is 4.71. The lowest BCUT2D eigenvalue weighted by Gasteiger charge is -2.29. The Bertz CT molecular complexity index is 795. The standard InChI is InChI=1S/C20H23F2N3O2/c1-27-19-7-3-2-6-15(19)18(25-10-4-5-11-25)13-23-20(26)24-17-12-14(21)8-9-16(17)22/h2-3,6-9,12,18H,4-5,10-11,13H2,1H3,(H2,23,24,26). The van der Waals surface area contributed by atoms with Gasteiger partial charge in [-0.15, -0.1) is 0 Å². The highest BCUT2D eigenvalue weighted by molar-refractivity contribution is 5.89. The highest BCUT2D eigenvalue weighted by Gasteiger charge is 2.26. The molecule has 1 fully saturated rings. The van der Waals surface area contributed by atoms with Crippen molar-refractivity contribution < 1.29 is 18.3 Å². The molecule has 1 aliphatic heterocycles. The molecule has 144 valence electrons. The minimum absolute atomic E-state index is 0.0632. The third kappa shape index (κ3) is 4.74. The molecule has 5 nitrogen and oxygen atoms in total. The van der Waals surface area contributed by atoms with Gasteiger partial charge >= 0.3 is 6.03 Å². The molecule has 2 aromatic rings. The first-order valence-electron chi connectivity index (χ1n) is 8.95. The van der Waals surface area contributed by atoms with Gasteiger partial charge in [-0.1, -0.05) is 18.2 Å². The predicted octanol–water partition coefficient (Wildman–Crippen LogP) is 3.93. The number of carbonyl (C=O) groups excluding carboxylic acids is 1. The largest absolute Gasteiger partial charge is 0.496 e. The van der Waals surface area contributed by atoms with E-state index in [1.165, 1.54) is 0 Å². The molecular formula is C20H23F2N3O2. The molecule has 0 spiro atoms. The maximum Gasteiger partial charge on any atom is 0.319 e. The number of hydrogen-bond donors (Lipinski definition) is 2. The summed E-state index contributed by atoms with van der Waals surface area (Å²) in [5.74, 6) is -0.546. The summed E-state index contributed by atoms with van der Waals surface area (Å²) >= 11 is 0. The van der Waals surface area contributed by atoms with Crippen molar-refractivity contribution in [2.24, 2.45) is 0 Å². The van der Waals surface area contributed by atoms with Crippen molar-refractivity contribution in [1.82, 2.24) is 10.2 Å². The van der Waals surface area contributed by atoms with Gasteiger partial charge in [-0.2, -0.15) is 0 Å². The summed E-state index contributed by atoms with van der Waals surface area (Å²) in [6, 6.07) is 9.99. The Hall–Kier alpha value is -2.67. The van der Waals surface area contributed by atoms with E-state index in [1.54, 1.807) is 7.11 Å². The molecule has 0 radical (unpaired) electrons. The summed E-state index contributed by atoms with van der Waals surface area (Å²) in [5, 5.41) is 5.13. The molecule has 1 saturated heterocycles. The number of rotatable bonds is 6. The number of nitrogens with zero attached hydrogens (tertiary/aromatic N) is 1. The van der Waals surface area contributed by atoms with Crippen molar-refractivity contribution >= 4 is 11.7 Å². The quantitative estimate of drug-likeness (QED) is 0.804. The second kappa shape index (κ2) is 8.81. The molecule has 1 aliphatic rings. The number of likely N-dealkylation sites (tertiary alicyclic amines) is 1. The maximum atomic E-state index is 13.7. The molecule has 2 N–H and O–H groups in total. The fourth-order valence-electron chi connectivity index (χ4n) is 3.38. The van der Waals surface area contributed by atoms with Crippen molar-refractivity contribution in [2.75, 3.05) is 32.1 Å². The van der Waals surface area contributed by atoms with Crippen LogP contribution in [-0.2, 0) is 0 Å². The summed E-state index contributed by atoms with van der Waals surface area (Å²) in [6.07, 6.45) is 2.21. The lowest BCUT2D eigenvalue weighted by Crippen LogP contribution is -2.38. The Morgan fingerprint density at radius 3 is 2.67 bits per heavy atom. The van der Waals surface area contributed by atoms with Crippen molar-refractivity contribution in [1.29, 1.82) is 0 Å². The predicted molar refractivity (Wildman–Crippen MR) is 99.9 cm³/mol. The highest BCUT2D eigenvalue weighted by atomic mass is 19.1. The molecule has 0 saturated carbocycles. The van der Waals surface area contributed by atoms with Crippen LogP contribution in [-0.4, -0.2) is 37.7 Å². The first-order valence-corrected chi connectivity index (χ1v) is 8.95. The Labute approximate surface area is 157 Å². The Morgan fingerprint density at radius 2 is 1.93 bits per heavy atom. The molecule has 0 aromatic heterocycles. The van der Waals surface area contributed by atoms with E-state index < -0.39 is 17.7 Å². The van der Waals surface area contributed by atoms with Gasteiger partial charge in [0.1, 0.15) is 17.4 Å². The number of urea groups is 1. The average Bonchev–Trinajstić information content (AvgIpc) is 3.20. The molecule has 0 aliphatic carbocycles. The molecule has 2 amide bonds. The highest BCUT2D eigenvalue weighted by Crippen LogP contribution is 2.31. The van der Waals surface area contributed by atoms with E-state index in [1.807, 2.05) is 24.3 Å². The number of benzene rings is 2. The van der Waals surface area contributed by atoms with Gasteiger partial charge in [-0.25, -0.2) is 13.6 Å². The molecule has 1 heterocycles. The summed E-state index contributed by atoms with van der Waals surface area (Å²) in [4.78, 5) is 14.5. The van der Waals surface area contributed by atoms with Crippen LogP contribution in [0, 0.1) is 11.6 Å². The SMILES string of the molecule is COc1ccccc1C(CNC(=O)Nc1cc(F)ccc1F)N1CCCC1. The van der Waals surface area contributed by atoms with Crippen LogP contribution in [0.15, 0.2) is 42.5 Å². The van der Waals surface area contributed by atoms with Crippen molar-refractivity contribution in [3.63, 3.8) is 0 Å². The molecule has 1 atom stereocenters. The van der Waals surface area contributed by atoms with E-state index >= 15 is 0 Å². The molecule has 27 heavy (non-hydrogen) atoms. The van der Waals surface area contributed by atoms with Crippen molar-refractivity contribution in [3.8, 4) is 5.75 Å². The fourth-order valence-corrected chi connectivity index (χ4v) is 3.38. The second-order valence-corrected chi connectivity index (χ2v) is 6.46. The van der Waals surface area contributed by atoms with E-state index in [2.05, 4.69) is 15.5 Å². The van der Waals surface area contributed by atoms with E-state index in [0.717, 1.165) is 55.4 Å². The van der Waals surface area contributed by atoms with Gasteiger partial charge in [0.15, 0.2) is 0 Å². The van der Waals surface area contributed by atoms with Crippen molar-refractivity contribution in [2.45, 2.75) is 18.9 Å². The number of halogens is 2. The van der Waals surface area contributed by atoms with Gasteiger partial charge in [-0.05, 0) is 44.1 Å². The number of anilines is 1. The number of nitrogens with one attached hydrogen (secondary N) is 2. The van der Waals surface area contributed by atoms with E-state index in [9.17, 15) is 13.6 Å². The third-order valence-electron chi connectivity index (χ3n) is 4.71. The minimum atomic E-state index is -0.688. The van der Waals surface area contributed by atoms with Gasteiger partial charge in [0.2, 0.25) is 0 Å². The van der Waals surface area contributed by atoms with Crippen LogP contribution in [0.4, 0.5) is 19.3 Å². The molecule has 0 bridgehead atoms. The summed E-state index contributed by atoms with van der Waals surface area (Å²) in [6.45, 7) is 2.19. The van der Waals surface area contributed by atoms with Crippen LogP contribution < -0.4 is 15.4 Å². The monoisotopic (exact) mass is 375 g/mol. The fraction of sp³-hybridized carbons (Fsp3) is 0.350. The van der Waals surface area contributed by atoms with Crippen LogP contribution in [0.1, 0.15) is 24.4 Å². The van der Waals surface area contributed by atoms with Crippen molar-refractivity contribution in [3.05, 3.63) is 59.7 Å². The lowest BCUT2D eigenvalue weighted by molar-refractivity contribution is 0.224. The summed E-state index contributed by atoms with van der Waals surface area (Å²) < 4.78 is 32.4. The lowest BCUT2D eigenvalue weighted by atomic mass is 10.0. The Kier molecular flexibility index (Phi) is 6.24.